The molecule has 0 aliphatic carbocycles. The molecule has 2 atom stereocenters. The lowest BCUT2D eigenvalue weighted by Gasteiger charge is -2.36. The average Bonchev–Trinajstić information content (AvgIpc) is 2.50. The Morgan fingerprint density at radius 2 is 2.18 bits per heavy atom. The predicted molar refractivity (Wildman–Crippen MR) is 91.8 cm³/mol. The lowest BCUT2D eigenvalue weighted by molar-refractivity contribution is 0.0972. The minimum Gasteiger partial charge on any atom is -0.453 e. The number of methoxy groups -OCH3 is 1. The maximum atomic E-state index is 11.6. The molecule has 0 saturated carbocycles. The molecule has 22 heavy (non-hydrogen) atoms. The van der Waals surface area contributed by atoms with Crippen molar-refractivity contribution in [1.29, 1.82) is 0 Å². The molecule has 1 saturated heterocycles. The number of nitrogens with two attached hydrogens (primary N) is 1. The number of hydrogen-bond acceptors (Lipinski definition) is 4. The zero-order valence-corrected chi connectivity index (χ0v) is 13.7. The lowest BCUT2D eigenvalue weighted by Crippen LogP contribution is -2.52. The van der Waals surface area contributed by atoms with Crippen molar-refractivity contribution in [3.63, 3.8) is 0 Å². The number of nitrogen functional groups attached to an aromatic ring is 1. The van der Waals surface area contributed by atoms with Gasteiger partial charge in [0.15, 0.2) is 5.11 Å². The number of carbonyl (C=O) groups is 1. The summed E-state index contributed by atoms with van der Waals surface area (Å²) in [4.78, 5) is 13.3. The second-order valence-corrected chi connectivity index (χ2v) is 5.88. The number of carbonyl (C=O) groups excluding carboxylic acids is 1. The second kappa shape index (κ2) is 7.31. The Balaban J connectivity index is 1.88. The van der Waals surface area contributed by atoms with E-state index in [2.05, 4.69) is 17.6 Å². The number of anilines is 2. The van der Waals surface area contributed by atoms with Crippen LogP contribution in [0.3, 0.4) is 0 Å². The fraction of sp³-hybridized carbons (Fsp3) is 0.467. The highest BCUT2D eigenvalue weighted by atomic mass is 32.1. The Bertz CT molecular complexity index is 552. The molecule has 1 heterocycles. The van der Waals surface area contributed by atoms with Gasteiger partial charge in [0.2, 0.25) is 0 Å². The van der Waals surface area contributed by atoms with E-state index in [4.69, 9.17) is 22.7 Å². The molecule has 1 aliphatic heterocycles. The number of amides is 1. The Hall–Kier alpha value is -2.02. The van der Waals surface area contributed by atoms with Gasteiger partial charge in [-0.05, 0) is 36.7 Å². The molecule has 0 radical (unpaired) electrons. The maximum absolute atomic E-state index is 11.6. The van der Waals surface area contributed by atoms with E-state index in [-0.39, 0.29) is 18.1 Å². The minimum absolute atomic E-state index is 0.214. The van der Waals surface area contributed by atoms with E-state index in [1.165, 1.54) is 7.11 Å². The normalized spacial score (nSPS) is 21.1. The maximum Gasteiger partial charge on any atom is 0.409 e. The highest BCUT2D eigenvalue weighted by Crippen LogP contribution is 2.19. The van der Waals surface area contributed by atoms with Crippen LogP contribution in [-0.2, 0) is 4.74 Å². The van der Waals surface area contributed by atoms with Gasteiger partial charge in [-0.3, -0.25) is 0 Å². The third kappa shape index (κ3) is 4.00. The van der Waals surface area contributed by atoms with Crippen LogP contribution in [-0.4, -0.2) is 42.3 Å². The summed E-state index contributed by atoms with van der Waals surface area (Å²) in [6.45, 7) is 3.40. The SMILES string of the molecule is COC(=O)N1CCC(NC(=S)Nc2ccccc2N)C(C)C1. The third-order valence-corrected chi connectivity index (χ3v) is 4.08. The van der Waals surface area contributed by atoms with E-state index in [0.717, 1.165) is 12.1 Å². The molecule has 4 N–H and O–H groups in total. The van der Waals surface area contributed by atoms with E-state index in [9.17, 15) is 4.79 Å². The summed E-state index contributed by atoms with van der Waals surface area (Å²) in [7, 11) is 1.40. The topological polar surface area (TPSA) is 79.6 Å². The van der Waals surface area contributed by atoms with E-state index >= 15 is 0 Å². The van der Waals surface area contributed by atoms with Crippen molar-refractivity contribution in [2.45, 2.75) is 19.4 Å². The highest BCUT2D eigenvalue weighted by Gasteiger charge is 2.29. The number of likely N-dealkylation sites (tertiary alicyclic amines) is 1. The highest BCUT2D eigenvalue weighted by molar-refractivity contribution is 7.80. The molecule has 1 aromatic carbocycles. The van der Waals surface area contributed by atoms with Crippen LogP contribution < -0.4 is 16.4 Å². The molecule has 1 fully saturated rings. The van der Waals surface area contributed by atoms with Gasteiger partial charge in [0.05, 0.1) is 18.5 Å². The summed E-state index contributed by atoms with van der Waals surface area (Å²) in [5, 5.41) is 6.96. The van der Waals surface area contributed by atoms with Crippen LogP contribution in [0.25, 0.3) is 0 Å². The van der Waals surface area contributed by atoms with Gasteiger partial charge >= 0.3 is 6.09 Å². The quantitative estimate of drug-likeness (QED) is 0.571. The van der Waals surface area contributed by atoms with Crippen molar-refractivity contribution in [3.05, 3.63) is 24.3 Å². The van der Waals surface area contributed by atoms with E-state index in [1.54, 1.807) is 4.90 Å². The van der Waals surface area contributed by atoms with Gasteiger partial charge in [0.1, 0.15) is 0 Å². The molecule has 2 rings (SSSR count). The third-order valence-electron chi connectivity index (χ3n) is 3.86. The summed E-state index contributed by atoms with van der Waals surface area (Å²) in [5.74, 6) is 0.278. The first kappa shape index (κ1) is 16.4. The van der Waals surface area contributed by atoms with Crippen LogP contribution in [0.2, 0.25) is 0 Å². The fourth-order valence-corrected chi connectivity index (χ4v) is 2.85. The molecule has 0 spiro atoms. The number of rotatable bonds is 2. The van der Waals surface area contributed by atoms with Gasteiger partial charge in [0.25, 0.3) is 0 Å². The summed E-state index contributed by atoms with van der Waals surface area (Å²) in [6.07, 6.45) is 0.547. The standard InChI is InChI=1S/C15H22N4O2S/c1-10-9-19(15(20)21-2)8-7-12(10)17-14(22)18-13-6-4-3-5-11(13)16/h3-6,10,12H,7-9,16H2,1-2H3,(H2,17,18,22). The number of para-hydroxylation sites is 2. The van der Waals surface area contributed by atoms with E-state index in [0.29, 0.717) is 23.9 Å². The summed E-state index contributed by atoms with van der Waals surface area (Å²) < 4.78 is 4.76. The summed E-state index contributed by atoms with van der Waals surface area (Å²) in [6, 6.07) is 7.70. The van der Waals surface area contributed by atoms with Crippen molar-refractivity contribution in [3.8, 4) is 0 Å². The van der Waals surface area contributed by atoms with Crippen LogP contribution in [0, 0.1) is 5.92 Å². The van der Waals surface area contributed by atoms with Gasteiger partial charge in [-0.25, -0.2) is 4.79 Å². The average molecular weight is 322 g/mol. The Morgan fingerprint density at radius 1 is 1.45 bits per heavy atom. The minimum atomic E-state index is -0.275. The van der Waals surface area contributed by atoms with Crippen molar-refractivity contribution in [2.75, 3.05) is 31.2 Å². The first-order chi connectivity index (χ1) is 10.5. The number of ether oxygens (including phenoxy) is 1. The van der Waals surface area contributed by atoms with Crippen molar-refractivity contribution >= 4 is 34.8 Å². The molecule has 7 heteroatoms. The van der Waals surface area contributed by atoms with Crippen molar-refractivity contribution in [1.82, 2.24) is 10.2 Å². The van der Waals surface area contributed by atoms with Gasteiger partial charge in [0, 0.05) is 19.1 Å². The monoisotopic (exact) mass is 322 g/mol. The van der Waals surface area contributed by atoms with Crippen LogP contribution >= 0.6 is 12.2 Å². The molecule has 1 aromatic rings. The van der Waals surface area contributed by atoms with Crippen molar-refractivity contribution in [2.24, 2.45) is 5.92 Å². The molecular weight excluding hydrogens is 300 g/mol. The number of nitrogens with zero attached hydrogens (tertiary/aromatic N) is 1. The zero-order chi connectivity index (χ0) is 16.1. The fourth-order valence-electron chi connectivity index (χ4n) is 2.59. The first-order valence-corrected chi connectivity index (χ1v) is 7.67. The molecule has 1 amide bonds. The van der Waals surface area contributed by atoms with Crippen LogP contribution in [0.4, 0.5) is 16.2 Å². The number of hydrogen-bond donors (Lipinski definition) is 3. The van der Waals surface area contributed by atoms with E-state index in [1.807, 2.05) is 24.3 Å². The lowest BCUT2D eigenvalue weighted by atomic mass is 9.94. The van der Waals surface area contributed by atoms with E-state index < -0.39 is 0 Å². The number of piperidine rings is 1. The molecule has 0 aromatic heterocycles. The zero-order valence-electron chi connectivity index (χ0n) is 12.8. The first-order valence-electron chi connectivity index (χ1n) is 7.26. The van der Waals surface area contributed by atoms with Gasteiger partial charge in [-0.2, -0.15) is 0 Å². The molecule has 0 bridgehead atoms. The number of nitrogens with one attached hydrogen (secondary N) is 2. The molecule has 2 unspecified atom stereocenters. The Morgan fingerprint density at radius 3 is 2.82 bits per heavy atom. The molecular formula is C15H22N4O2S. The Labute approximate surface area is 136 Å². The van der Waals surface area contributed by atoms with Gasteiger partial charge < -0.3 is 26.0 Å². The second-order valence-electron chi connectivity index (χ2n) is 5.47. The summed E-state index contributed by atoms with van der Waals surface area (Å²) >= 11 is 5.35. The number of thiocarbonyl (C=S) groups is 1. The predicted octanol–water partition coefficient (Wildman–Crippen LogP) is 2.03. The van der Waals surface area contributed by atoms with Gasteiger partial charge in [-0.15, -0.1) is 0 Å². The summed E-state index contributed by atoms with van der Waals surface area (Å²) in [5.41, 5.74) is 7.33. The van der Waals surface area contributed by atoms with Crippen LogP contribution in [0.5, 0.6) is 0 Å². The molecule has 6 nitrogen and oxygen atoms in total. The van der Waals surface area contributed by atoms with Crippen LogP contribution in [0.1, 0.15) is 13.3 Å². The smallest absolute Gasteiger partial charge is 0.409 e. The Kier molecular flexibility index (Phi) is 5.43. The van der Waals surface area contributed by atoms with Crippen molar-refractivity contribution < 1.29 is 9.53 Å². The number of benzene rings is 1. The largest absolute Gasteiger partial charge is 0.453 e. The van der Waals surface area contributed by atoms with Gasteiger partial charge in [-0.1, -0.05) is 19.1 Å². The molecule has 120 valence electrons. The van der Waals surface area contributed by atoms with Crippen LogP contribution in [0.15, 0.2) is 24.3 Å². The molecule has 1 aliphatic rings.